The number of nitrogens with one attached hydrogen (secondary N) is 2. The van der Waals surface area contributed by atoms with E-state index in [0.717, 1.165) is 5.56 Å². The summed E-state index contributed by atoms with van der Waals surface area (Å²) >= 11 is 1.20. The molecule has 2 amide bonds. The maximum absolute atomic E-state index is 12.0. The van der Waals surface area contributed by atoms with Crippen molar-refractivity contribution >= 4 is 28.3 Å². The van der Waals surface area contributed by atoms with Gasteiger partial charge in [-0.3, -0.25) is 9.59 Å². The number of thiazole rings is 1. The summed E-state index contributed by atoms with van der Waals surface area (Å²) in [5.74, 6) is -0.487. The molecule has 6 nitrogen and oxygen atoms in total. The quantitative estimate of drug-likeness (QED) is 0.683. The number of carbonyl (C=O) groups excluding carboxylic acids is 2. The number of benzene rings is 1. The summed E-state index contributed by atoms with van der Waals surface area (Å²) in [7, 11) is 0. The van der Waals surface area contributed by atoms with Crippen LogP contribution in [0.25, 0.3) is 0 Å². The molecular formula is C17H21N3O3S. The number of carbonyl (C=O) groups is 2. The number of rotatable bonds is 8. The maximum Gasteiger partial charge on any atom is 0.271 e. The van der Waals surface area contributed by atoms with Gasteiger partial charge < -0.3 is 15.7 Å². The smallest absolute Gasteiger partial charge is 0.271 e. The van der Waals surface area contributed by atoms with Crippen molar-refractivity contribution in [1.29, 1.82) is 0 Å². The minimum Gasteiger partial charge on any atom is -0.394 e. The van der Waals surface area contributed by atoms with Crippen molar-refractivity contribution in [2.75, 3.05) is 11.9 Å². The second-order valence-electron chi connectivity index (χ2n) is 5.33. The minimum atomic E-state index is -0.350. The Labute approximate surface area is 144 Å². The molecule has 2 aromatic rings. The van der Waals surface area contributed by atoms with E-state index in [2.05, 4.69) is 15.6 Å². The first-order valence-electron chi connectivity index (χ1n) is 7.83. The zero-order valence-electron chi connectivity index (χ0n) is 13.5. The van der Waals surface area contributed by atoms with Crippen LogP contribution in [-0.4, -0.2) is 34.6 Å². The van der Waals surface area contributed by atoms with E-state index in [1.54, 1.807) is 5.38 Å². The molecule has 1 unspecified atom stereocenters. The lowest BCUT2D eigenvalue weighted by atomic mass is 10.1. The van der Waals surface area contributed by atoms with Gasteiger partial charge in [-0.15, -0.1) is 11.3 Å². The van der Waals surface area contributed by atoms with Crippen LogP contribution in [-0.2, 0) is 11.2 Å². The Balaban J connectivity index is 1.84. The third-order valence-corrected chi connectivity index (χ3v) is 4.27. The predicted molar refractivity (Wildman–Crippen MR) is 94.1 cm³/mol. The largest absolute Gasteiger partial charge is 0.394 e. The van der Waals surface area contributed by atoms with Gasteiger partial charge in [0.15, 0.2) is 5.13 Å². The van der Waals surface area contributed by atoms with Crippen LogP contribution in [0.1, 0.15) is 35.8 Å². The van der Waals surface area contributed by atoms with E-state index < -0.39 is 0 Å². The van der Waals surface area contributed by atoms with E-state index in [4.69, 9.17) is 5.11 Å². The molecule has 7 heteroatoms. The number of nitrogens with zero attached hydrogens (tertiary/aromatic N) is 1. The number of aromatic nitrogens is 1. The lowest BCUT2D eigenvalue weighted by Gasteiger charge is -2.12. The Morgan fingerprint density at radius 2 is 2.04 bits per heavy atom. The molecule has 0 aliphatic rings. The number of aryl methyl sites for hydroxylation is 1. The van der Waals surface area contributed by atoms with Gasteiger partial charge in [-0.25, -0.2) is 4.98 Å². The molecule has 1 aromatic carbocycles. The molecule has 0 aliphatic carbocycles. The van der Waals surface area contributed by atoms with Crippen LogP contribution in [0.4, 0.5) is 5.13 Å². The Bertz CT molecular complexity index is 669. The first kappa shape index (κ1) is 18.1. The van der Waals surface area contributed by atoms with Gasteiger partial charge in [0.25, 0.3) is 5.91 Å². The highest BCUT2D eigenvalue weighted by molar-refractivity contribution is 7.14. The SMILES string of the molecule is CCC(CO)NC(=O)c1csc(NC(=O)CCc2ccccc2)n1. The number of aliphatic hydroxyl groups is 1. The fraction of sp³-hybridized carbons (Fsp3) is 0.353. The first-order valence-corrected chi connectivity index (χ1v) is 8.71. The topological polar surface area (TPSA) is 91.3 Å². The van der Waals surface area contributed by atoms with Crippen molar-refractivity contribution < 1.29 is 14.7 Å². The molecular weight excluding hydrogens is 326 g/mol. The fourth-order valence-electron chi connectivity index (χ4n) is 2.06. The van der Waals surface area contributed by atoms with Gasteiger partial charge in [0, 0.05) is 11.8 Å². The average Bonchev–Trinajstić information content (AvgIpc) is 3.07. The molecule has 1 heterocycles. The Kier molecular flexibility index (Phi) is 6.89. The number of aliphatic hydroxyl groups excluding tert-OH is 1. The highest BCUT2D eigenvalue weighted by Crippen LogP contribution is 2.16. The Hall–Kier alpha value is -2.25. The fourth-order valence-corrected chi connectivity index (χ4v) is 2.76. The Morgan fingerprint density at radius 3 is 2.71 bits per heavy atom. The first-order chi connectivity index (χ1) is 11.6. The molecule has 0 saturated carbocycles. The monoisotopic (exact) mass is 347 g/mol. The molecule has 0 spiro atoms. The van der Waals surface area contributed by atoms with E-state index in [0.29, 0.717) is 24.4 Å². The van der Waals surface area contributed by atoms with Crippen molar-refractivity contribution in [3.8, 4) is 0 Å². The summed E-state index contributed by atoms with van der Waals surface area (Å²) in [6.45, 7) is 1.76. The summed E-state index contributed by atoms with van der Waals surface area (Å²) in [5, 5.41) is 16.5. The average molecular weight is 347 g/mol. The highest BCUT2D eigenvalue weighted by atomic mass is 32.1. The summed E-state index contributed by atoms with van der Waals surface area (Å²) in [4.78, 5) is 28.1. The van der Waals surface area contributed by atoms with Gasteiger partial charge in [-0.05, 0) is 18.4 Å². The van der Waals surface area contributed by atoms with Crippen LogP contribution in [0.3, 0.4) is 0 Å². The van der Waals surface area contributed by atoms with Crippen molar-refractivity contribution in [3.63, 3.8) is 0 Å². The third kappa shape index (κ3) is 5.43. The molecule has 2 rings (SSSR count). The molecule has 128 valence electrons. The van der Waals surface area contributed by atoms with Gasteiger partial charge in [0.2, 0.25) is 5.91 Å². The molecule has 1 atom stereocenters. The normalized spacial score (nSPS) is 11.8. The van der Waals surface area contributed by atoms with Crippen LogP contribution in [0.15, 0.2) is 35.7 Å². The van der Waals surface area contributed by atoms with Gasteiger partial charge in [-0.1, -0.05) is 37.3 Å². The van der Waals surface area contributed by atoms with Gasteiger partial charge >= 0.3 is 0 Å². The molecule has 1 aromatic heterocycles. The minimum absolute atomic E-state index is 0.116. The molecule has 24 heavy (non-hydrogen) atoms. The van der Waals surface area contributed by atoms with Crippen molar-refractivity contribution in [2.45, 2.75) is 32.2 Å². The summed E-state index contributed by atoms with van der Waals surface area (Å²) in [5.41, 5.74) is 1.34. The highest BCUT2D eigenvalue weighted by Gasteiger charge is 2.15. The van der Waals surface area contributed by atoms with Crippen molar-refractivity contribution in [3.05, 3.63) is 47.0 Å². The maximum atomic E-state index is 12.0. The number of hydrogen-bond acceptors (Lipinski definition) is 5. The van der Waals surface area contributed by atoms with Gasteiger partial charge in [0.05, 0.1) is 12.6 Å². The van der Waals surface area contributed by atoms with E-state index in [1.165, 1.54) is 11.3 Å². The lowest BCUT2D eigenvalue weighted by molar-refractivity contribution is -0.116. The van der Waals surface area contributed by atoms with Gasteiger partial charge in [-0.2, -0.15) is 0 Å². The van der Waals surface area contributed by atoms with Crippen LogP contribution in [0.5, 0.6) is 0 Å². The molecule has 3 N–H and O–H groups in total. The molecule has 0 saturated heterocycles. The standard InChI is InChI=1S/C17H21N3O3S/c1-2-13(10-21)18-16(23)14-11-24-17(19-14)20-15(22)9-8-12-6-4-3-5-7-12/h3-7,11,13,21H,2,8-10H2,1H3,(H,18,23)(H,19,20,22). The third-order valence-electron chi connectivity index (χ3n) is 3.52. The summed E-state index contributed by atoms with van der Waals surface area (Å²) in [6, 6.07) is 9.48. The number of anilines is 1. The van der Waals surface area contributed by atoms with E-state index in [9.17, 15) is 9.59 Å². The van der Waals surface area contributed by atoms with Crippen molar-refractivity contribution in [2.24, 2.45) is 0 Å². The van der Waals surface area contributed by atoms with Gasteiger partial charge in [0.1, 0.15) is 5.69 Å². The van der Waals surface area contributed by atoms with Crippen LogP contribution >= 0.6 is 11.3 Å². The second kappa shape index (κ2) is 9.14. The molecule has 0 fully saturated rings. The number of hydrogen-bond donors (Lipinski definition) is 3. The second-order valence-corrected chi connectivity index (χ2v) is 6.19. The summed E-state index contributed by atoms with van der Waals surface area (Å²) in [6.07, 6.45) is 1.64. The molecule has 0 aliphatic heterocycles. The van der Waals surface area contributed by atoms with Crippen LogP contribution in [0, 0.1) is 0 Å². The zero-order chi connectivity index (χ0) is 17.4. The molecule has 0 radical (unpaired) electrons. The zero-order valence-corrected chi connectivity index (χ0v) is 14.3. The van der Waals surface area contributed by atoms with E-state index in [1.807, 2.05) is 37.3 Å². The predicted octanol–water partition coefficient (Wildman–Crippen LogP) is 2.22. The number of amides is 2. The van der Waals surface area contributed by atoms with Crippen LogP contribution < -0.4 is 10.6 Å². The van der Waals surface area contributed by atoms with Crippen molar-refractivity contribution in [1.82, 2.24) is 10.3 Å². The van der Waals surface area contributed by atoms with E-state index >= 15 is 0 Å². The van der Waals surface area contributed by atoms with E-state index in [-0.39, 0.29) is 30.2 Å². The summed E-state index contributed by atoms with van der Waals surface area (Å²) < 4.78 is 0. The molecule has 0 bridgehead atoms. The van der Waals surface area contributed by atoms with Crippen LogP contribution in [0.2, 0.25) is 0 Å². The Morgan fingerprint density at radius 1 is 1.29 bits per heavy atom. The lowest BCUT2D eigenvalue weighted by Crippen LogP contribution is -2.37.